The SMILES string of the molecule is O=C(O)C(=O)C(F)(F)c1ccc(Cl)c(OC2CCCC2)c1. The number of ether oxygens (including phenoxy) is 1. The van der Waals surface area contributed by atoms with Gasteiger partial charge in [0.05, 0.1) is 11.1 Å². The van der Waals surface area contributed by atoms with Crippen LogP contribution in [0, 0.1) is 0 Å². The monoisotopic (exact) mass is 318 g/mol. The van der Waals surface area contributed by atoms with Crippen molar-refractivity contribution in [2.75, 3.05) is 0 Å². The van der Waals surface area contributed by atoms with Gasteiger partial charge in [-0.15, -0.1) is 0 Å². The van der Waals surface area contributed by atoms with Gasteiger partial charge in [0.1, 0.15) is 5.75 Å². The minimum absolute atomic E-state index is 0.0407. The second kappa shape index (κ2) is 5.97. The summed E-state index contributed by atoms with van der Waals surface area (Å²) in [5.41, 5.74) is -0.743. The van der Waals surface area contributed by atoms with Crippen molar-refractivity contribution < 1.29 is 28.2 Å². The molecule has 0 aromatic heterocycles. The average Bonchev–Trinajstić information content (AvgIpc) is 2.93. The van der Waals surface area contributed by atoms with Gasteiger partial charge in [0.2, 0.25) is 0 Å². The van der Waals surface area contributed by atoms with Gasteiger partial charge in [-0.25, -0.2) is 4.79 Å². The molecule has 1 aromatic rings. The quantitative estimate of drug-likeness (QED) is 0.845. The Bertz CT molecular complexity index is 568. The van der Waals surface area contributed by atoms with E-state index in [9.17, 15) is 18.4 Å². The number of carboxylic acids is 1. The highest BCUT2D eigenvalue weighted by Gasteiger charge is 2.45. The normalized spacial score (nSPS) is 16.0. The van der Waals surface area contributed by atoms with Crippen molar-refractivity contribution in [2.24, 2.45) is 0 Å². The number of hydrogen-bond acceptors (Lipinski definition) is 3. The third kappa shape index (κ3) is 3.32. The zero-order chi connectivity index (χ0) is 15.6. The fraction of sp³-hybridized carbons (Fsp3) is 0.429. The van der Waals surface area contributed by atoms with Crippen LogP contribution in [-0.2, 0) is 15.5 Å². The Kier molecular flexibility index (Phi) is 4.46. The predicted octanol–water partition coefficient (Wildman–Crippen LogP) is 3.41. The van der Waals surface area contributed by atoms with Crippen molar-refractivity contribution >= 4 is 23.4 Å². The molecule has 1 N–H and O–H groups in total. The lowest BCUT2D eigenvalue weighted by Gasteiger charge is -2.18. The molecule has 1 aliphatic carbocycles. The molecule has 7 heteroatoms. The van der Waals surface area contributed by atoms with Gasteiger partial charge < -0.3 is 9.84 Å². The number of rotatable bonds is 5. The Labute approximate surface area is 124 Å². The van der Waals surface area contributed by atoms with Crippen LogP contribution in [0.1, 0.15) is 31.2 Å². The van der Waals surface area contributed by atoms with Crippen molar-refractivity contribution in [1.82, 2.24) is 0 Å². The Morgan fingerprint density at radius 3 is 2.48 bits per heavy atom. The maximum absolute atomic E-state index is 13.8. The number of alkyl halides is 2. The number of carbonyl (C=O) groups is 2. The van der Waals surface area contributed by atoms with E-state index in [-0.39, 0.29) is 16.9 Å². The van der Waals surface area contributed by atoms with E-state index in [4.69, 9.17) is 21.4 Å². The first-order chi connectivity index (χ1) is 9.82. The summed E-state index contributed by atoms with van der Waals surface area (Å²) in [5, 5.41) is 8.59. The summed E-state index contributed by atoms with van der Waals surface area (Å²) in [6, 6.07) is 3.02. The predicted molar refractivity (Wildman–Crippen MR) is 70.9 cm³/mol. The summed E-state index contributed by atoms with van der Waals surface area (Å²) in [4.78, 5) is 21.5. The van der Waals surface area contributed by atoms with Gasteiger partial charge in [-0.05, 0) is 37.8 Å². The highest BCUT2D eigenvalue weighted by Crippen LogP contribution is 2.36. The van der Waals surface area contributed by atoms with Crippen LogP contribution in [0.2, 0.25) is 5.02 Å². The van der Waals surface area contributed by atoms with Crippen LogP contribution in [0.4, 0.5) is 8.78 Å². The summed E-state index contributed by atoms with van der Waals surface area (Å²) in [6.07, 6.45) is 3.52. The molecule has 1 aromatic carbocycles. The fourth-order valence-corrected chi connectivity index (χ4v) is 2.40. The van der Waals surface area contributed by atoms with Crippen molar-refractivity contribution in [3.63, 3.8) is 0 Å². The Morgan fingerprint density at radius 2 is 1.90 bits per heavy atom. The first-order valence-corrected chi connectivity index (χ1v) is 6.82. The number of ketones is 1. The Hall–Kier alpha value is -1.69. The van der Waals surface area contributed by atoms with Crippen LogP contribution in [0.15, 0.2) is 18.2 Å². The van der Waals surface area contributed by atoms with E-state index >= 15 is 0 Å². The molecule has 21 heavy (non-hydrogen) atoms. The second-order valence-corrected chi connectivity index (χ2v) is 5.29. The first-order valence-electron chi connectivity index (χ1n) is 6.44. The molecule has 1 aliphatic rings. The minimum atomic E-state index is -4.12. The van der Waals surface area contributed by atoms with Crippen LogP contribution >= 0.6 is 11.6 Å². The largest absolute Gasteiger partial charge is 0.489 e. The highest BCUT2D eigenvalue weighted by atomic mass is 35.5. The molecule has 114 valence electrons. The van der Waals surface area contributed by atoms with Crippen LogP contribution in [0.5, 0.6) is 5.75 Å². The van der Waals surface area contributed by atoms with Crippen molar-refractivity contribution in [1.29, 1.82) is 0 Å². The Morgan fingerprint density at radius 1 is 1.29 bits per heavy atom. The third-order valence-electron chi connectivity index (χ3n) is 3.37. The van der Waals surface area contributed by atoms with Gasteiger partial charge in [0.15, 0.2) is 0 Å². The molecule has 0 aliphatic heterocycles. The molecule has 0 atom stereocenters. The first kappa shape index (κ1) is 15.7. The molecule has 2 rings (SSSR count). The maximum atomic E-state index is 13.8. The number of Topliss-reactive ketones (excluding diaryl/α,β-unsaturated/α-hetero) is 1. The molecule has 0 bridgehead atoms. The van der Waals surface area contributed by atoms with Crippen molar-refractivity contribution in [3.8, 4) is 5.75 Å². The van der Waals surface area contributed by atoms with E-state index in [0.717, 1.165) is 37.8 Å². The zero-order valence-corrected chi connectivity index (χ0v) is 11.7. The topological polar surface area (TPSA) is 63.6 Å². The number of aliphatic carboxylic acids is 1. The van der Waals surface area contributed by atoms with Gasteiger partial charge in [-0.2, -0.15) is 8.78 Å². The number of hydrogen-bond donors (Lipinski definition) is 1. The van der Waals surface area contributed by atoms with Crippen LogP contribution in [-0.4, -0.2) is 23.0 Å². The average molecular weight is 319 g/mol. The number of halogens is 3. The lowest BCUT2D eigenvalue weighted by Crippen LogP contribution is -2.32. The summed E-state index contributed by atoms with van der Waals surface area (Å²) in [7, 11) is 0. The van der Waals surface area contributed by atoms with Gasteiger partial charge >= 0.3 is 17.7 Å². The van der Waals surface area contributed by atoms with Gasteiger partial charge in [-0.3, -0.25) is 4.79 Å². The molecule has 1 fully saturated rings. The van der Waals surface area contributed by atoms with Gasteiger partial charge in [0.25, 0.3) is 0 Å². The number of carboxylic acid groups (broad SMARTS) is 1. The Balaban J connectivity index is 2.28. The van der Waals surface area contributed by atoms with Crippen LogP contribution in [0.3, 0.4) is 0 Å². The van der Waals surface area contributed by atoms with E-state index < -0.39 is 23.2 Å². The standard InChI is InChI=1S/C14H13ClF2O4/c15-10-6-5-8(14(16,17)12(18)13(19)20)7-11(10)21-9-3-1-2-4-9/h5-7,9H,1-4H2,(H,19,20). The molecular weight excluding hydrogens is 306 g/mol. The van der Waals surface area contributed by atoms with Crippen LogP contribution in [0.25, 0.3) is 0 Å². The molecule has 1 saturated carbocycles. The van der Waals surface area contributed by atoms with Gasteiger partial charge in [-0.1, -0.05) is 17.7 Å². The lowest BCUT2D eigenvalue weighted by molar-refractivity contribution is -0.163. The molecule has 0 radical (unpaired) electrons. The smallest absolute Gasteiger partial charge is 0.379 e. The van der Waals surface area contributed by atoms with E-state index in [1.54, 1.807) is 0 Å². The van der Waals surface area contributed by atoms with E-state index in [1.807, 2.05) is 0 Å². The molecule has 0 spiro atoms. The third-order valence-corrected chi connectivity index (χ3v) is 3.68. The molecular formula is C14H13ClF2O4. The molecule has 0 amide bonds. The maximum Gasteiger partial charge on any atom is 0.379 e. The number of benzene rings is 1. The minimum Gasteiger partial charge on any atom is -0.489 e. The van der Waals surface area contributed by atoms with Crippen molar-refractivity contribution in [2.45, 2.75) is 37.7 Å². The number of carbonyl (C=O) groups excluding carboxylic acids is 1. The highest BCUT2D eigenvalue weighted by molar-refractivity contribution is 6.35. The van der Waals surface area contributed by atoms with E-state index in [2.05, 4.69) is 0 Å². The molecule has 4 nitrogen and oxygen atoms in total. The van der Waals surface area contributed by atoms with E-state index in [0.29, 0.717) is 0 Å². The summed E-state index contributed by atoms with van der Waals surface area (Å²) >= 11 is 5.90. The summed E-state index contributed by atoms with van der Waals surface area (Å²) < 4.78 is 33.2. The zero-order valence-electron chi connectivity index (χ0n) is 10.9. The fourth-order valence-electron chi connectivity index (χ4n) is 2.24. The summed E-state index contributed by atoms with van der Waals surface area (Å²) in [6.45, 7) is 0. The molecule has 0 heterocycles. The second-order valence-electron chi connectivity index (χ2n) is 4.88. The molecule has 0 saturated heterocycles. The van der Waals surface area contributed by atoms with Crippen molar-refractivity contribution in [3.05, 3.63) is 28.8 Å². The van der Waals surface area contributed by atoms with Crippen LogP contribution < -0.4 is 4.74 Å². The van der Waals surface area contributed by atoms with E-state index in [1.165, 1.54) is 6.07 Å². The summed E-state index contributed by atoms with van der Waals surface area (Å²) in [5.74, 6) is -8.45. The lowest BCUT2D eigenvalue weighted by atomic mass is 10.0. The molecule has 0 unspecified atom stereocenters. The van der Waals surface area contributed by atoms with Gasteiger partial charge in [0, 0.05) is 5.56 Å².